The summed E-state index contributed by atoms with van der Waals surface area (Å²) in [7, 11) is 0. The molecule has 0 fully saturated rings. The summed E-state index contributed by atoms with van der Waals surface area (Å²) in [4.78, 5) is 56.8. The molecule has 4 nitrogen and oxygen atoms in total. The molecule has 0 saturated heterocycles. The maximum absolute atomic E-state index is 14.2. The molecule has 4 heteroatoms. The second-order valence-electron chi connectivity index (χ2n) is 12.4. The molecule has 4 aromatic rings. The van der Waals surface area contributed by atoms with E-state index in [1.807, 2.05) is 84.9 Å². The molecule has 214 valence electrons. The van der Waals surface area contributed by atoms with E-state index >= 15 is 0 Å². The summed E-state index contributed by atoms with van der Waals surface area (Å²) in [6.45, 7) is 0. The molecule has 4 aliphatic carbocycles. The maximum Gasteiger partial charge on any atom is 0.186 e. The van der Waals surface area contributed by atoms with Gasteiger partial charge in [0, 0.05) is 22.3 Å². The highest BCUT2D eigenvalue weighted by molar-refractivity contribution is 6.36. The standard InChI is InChI=1S/C40H30O4/c41-35-31-15-7-8-16-32(31)36(42)39(35,27-11-3-1-4-12-27)29-21-19-25(23-29)26-20-22-30(24-26)40(28-13-5-2-6-14-28)37(43)33-17-9-10-18-34(33)38(40)44/h1-18,23-26H,19-22H2. The molecule has 0 aromatic heterocycles. The van der Waals surface area contributed by atoms with Crippen molar-refractivity contribution < 1.29 is 19.2 Å². The van der Waals surface area contributed by atoms with Crippen LogP contribution < -0.4 is 0 Å². The predicted octanol–water partition coefficient (Wildman–Crippen LogP) is 7.69. The van der Waals surface area contributed by atoms with E-state index in [4.69, 9.17) is 0 Å². The molecule has 2 atom stereocenters. The molecule has 0 saturated carbocycles. The van der Waals surface area contributed by atoms with Gasteiger partial charge >= 0.3 is 0 Å². The third kappa shape index (κ3) is 3.40. The van der Waals surface area contributed by atoms with Gasteiger partial charge < -0.3 is 0 Å². The van der Waals surface area contributed by atoms with Crippen molar-refractivity contribution in [2.45, 2.75) is 36.5 Å². The minimum atomic E-state index is -1.35. The fourth-order valence-electron chi connectivity index (χ4n) is 8.42. The third-order valence-electron chi connectivity index (χ3n) is 10.4. The largest absolute Gasteiger partial charge is 0.292 e. The number of benzene rings is 4. The van der Waals surface area contributed by atoms with Gasteiger partial charge in [0.2, 0.25) is 0 Å². The van der Waals surface area contributed by atoms with Crippen molar-refractivity contribution in [1.29, 1.82) is 0 Å². The van der Waals surface area contributed by atoms with Gasteiger partial charge in [-0.15, -0.1) is 0 Å². The number of hydrogen-bond donors (Lipinski definition) is 0. The first-order chi connectivity index (χ1) is 21.5. The molecule has 0 amide bonds. The highest BCUT2D eigenvalue weighted by atomic mass is 16.2. The van der Waals surface area contributed by atoms with Crippen LogP contribution in [0, 0.1) is 11.8 Å². The van der Waals surface area contributed by atoms with Crippen LogP contribution in [0.2, 0.25) is 0 Å². The summed E-state index contributed by atoms with van der Waals surface area (Å²) in [5.41, 5.74) is 2.37. The molecule has 0 bridgehead atoms. The highest BCUT2D eigenvalue weighted by Gasteiger charge is 2.59. The first-order valence-corrected chi connectivity index (χ1v) is 15.4. The van der Waals surface area contributed by atoms with Crippen LogP contribution in [0.3, 0.4) is 0 Å². The average Bonchev–Trinajstić information content (AvgIpc) is 3.85. The first kappa shape index (κ1) is 26.7. The molecular weight excluding hydrogens is 544 g/mol. The lowest BCUT2D eigenvalue weighted by molar-refractivity contribution is 0.0808. The SMILES string of the molecule is O=C1c2ccccc2C(=O)C1(C1=CC(C2C=C(C3(c4ccccc4)C(=O)c4ccccc4C3=O)CC2)CC1)c1ccccc1. The molecule has 0 radical (unpaired) electrons. The van der Waals surface area contributed by atoms with E-state index in [0.29, 0.717) is 46.2 Å². The van der Waals surface area contributed by atoms with Crippen LogP contribution in [0.15, 0.2) is 132 Å². The van der Waals surface area contributed by atoms with Crippen molar-refractivity contribution in [3.8, 4) is 0 Å². The Balaban J connectivity index is 1.21. The van der Waals surface area contributed by atoms with Gasteiger partial charge in [-0.1, -0.05) is 121 Å². The lowest BCUT2D eigenvalue weighted by atomic mass is 9.69. The van der Waals surface area contributed by atoms with Crippen LogP contribution in [-0.4, -0.2) is 23.1 Å². The lowest BCUT2D eigenvalue weighted by Crippen LogP contribution is -2.40. The van der Waals surface area contributed by atoms with E-state index in [1.54, 1.807) is 24.3 Å². The fraction of sp³-hybridized carbons (Fsp3) is 0.200. The van der Waals surface area contributed by atoms with Crippen LogP contribution in [0.5, 0.6) is 0 Å². The Bertz CT molecular complexity index is 1730. The predicted molar refractivity (Wildman–Crippen MR) is 168 cm³/mol. The van der Waals surface area contributed by atoms with Crippen molar-refractivity contribution >= 4 is 23.1 Å². The minimum Gasteiger partial charge on any atom is -0.292 e. The van der Waals surface area contributed by atoms with Gasteiger partial charge in [-0.2, -0.15) is 0 Å². The van der Waals surface area contributed by atoms with Crippen LogP contribution in [0.4, 0.5) is 0 Å². The van der Waals surface area contributed by atoms with Gasteiger partial charge in [0.25, 0.3) is 0 Å². The summed E-state index contributed by atoms with van der Waals surface area (Å²) >= 11 is 0. The molecule has 0 aliphatic heterocycles. The molecular formula is C40H30O4. The molecule has 44 heavy (non-hydrogen) atoms. The Kier molecular flexibility index (Phi) is 5.93. The summed E-state index contributed by atoms with van der Waals surface area (Å²) in [6.07, 6.45) is 7.21. The number of ketones is 4. The van der Waals surface area contributed by atoms with Crippen LogP contribution >= 0.6 is 0 Å². The lowest BCUT2D eigenvalue weighted by Gasteiger charge is -2.28. The zero-order valence-electron chi connectivity index (χ0n) is 24.2. The zero-order chi connectivity index (χ0) is 30.1. The molecule has 0 heterocycles. The maximum atomic E-state index is 14.2. The first-order valence-electron chi connectivity index (χ1n) is 15.4. The quantitative estimate of drug-likeness (QED) is 0.181. The Labute approximate surface area is 256 Å². The summed E-state index contributed by atoms with van der Waals surface area (Å²) < 4.78 is 0. The molecule has 4 aliphatic rings. The van der Waals surface area contributed by atoms with Gasteiger partial charge in [-0.25, -0.2) is 0 Å². The highest BCUT2D eigenvalue weighted by Crippen LogP contribution is 2.53. The van der Waals surface area contributed by atoms with Gasteiger partial charge in [-0.05, 0) is 59.8 Å². The number of carbonyl (C=O) groups excluding carboxylic acids is 4. The third-order valence-corrected chi connectivity index (χ3v) is 10.4. The molecule has 0 spiro atoms. The van der Waals surface area contributed by atoms with Crippen molar-refractivity contribution in [3.63, 3.8) is 0 Å². The number of allylic oxidation sites excluding steroid dienone is 4. The van der Waals surface area contributed by atoms with Crippen LogP contribution in [-0.2, 0) is 10.8 Å². The Morgan fingerprint density at radius 1 is 0.409 bits per heavy atom. The number of fused-ring (bicyclic) bond motifs is 2. The second-order valence-corrected chi connectivity index (χ2v) is 12.4. The van der Waals surface area contributed by atoms with E-state index in [0.717, 1.165) is 24.0 Å². The summed E-state index contributed by atoms with van der Waals surface area (Å²) in [5, 5.41) is 0. The topological polar surface area (TPSA) is 68.3 Å². The number of hydrogen-bond acceptors (Lipinski definition) is 4. The molecule has 0 N–H and O–H groups in total. The number of Topliss-reactive ketones (excluding diaryl/α,β-unsaturated/α-hetero) is 4. The molecule has 4 aromatic carbocycles. The van der Waals surface area contributed by atoms with E-state index in [1.165, 1.54) is 0 Å². The van der Waals surface area contributed by atoms with E-state index < -0.39 is 10.8 Å². The second kappa shape index (κ2) is 9.78. The van der Waals surface area contributed by atoms with Gasteiger partial charge in [0.15, 0.2) is 23.1 Å². The van der Waals surface area contributed by atoms with E-state index in [2.05, 4.69) is 12.2 Å². The van der Waals surface area contributed by atoms with Crippen LogP contribution in [0.1, 0.15) is 78.2 Å². The number of carbonyl (C=O) groups is 4. The van der Waals surface area contributed by atoms with Gasteiger partial charge in [-0.3, -0.25) is 19.2 Å². The monoisotopic (exact) mass is 574 g/mol. The van der Waals surface area contributed by atoms with Gasteiger partial charge in [0.05, 0.1) is 0 Å². The van der Waals surface area contributed by atoms with Crippen LogP contribution in [0.25, 0.3) is 0 Å². The Morgan fingerprint density at radius 3 is 1.02 bits per heavy atom. The van der Waals surface area contributed by atoms with Crippen molar-refractivity contribution in [2.24, 2.45) is 11.8 Å². The summed E-state index contributed by atoms with van der Waals surface area (Å²) in [5.74, 6) is -0.421. The van der Waals surface area contributed by atoms with Crippen molar-refractivity contribution in [1.82, 2.24) is 0 Å². The normalized spacial score (nSPS) is 23.0. The van der Waals surface area contributed by atoms with E-state index in [-0.39, 0.29) is 35.0 Å². The molecule has 2 unspecified atom stereocenters. The number of rotatable bonds is 5. The summed E-state index contributed by atoms with van der Waals surface area (Å²) in [6, 6.07) is 33.2. The minimum absolute atomic E-state index is 0.0919. The van der Waals surface area contributed by atoms with E-state index in [9.17, 15) is 19.2 Å². The average molecular weight is 575 g/mol. The van der Waals surface area contributed by atoms with Gasteiger partial charge in [0.1, 0.15) is 10.8 Å². The Hall–Kier alpha value is -4.96. The Morgan fingerprint density at radius 2 is 0.705 bits per heavy atom. The fourth-order valence-corrected chi connectivity index (χ4v) is 8.42. The smallest absolute Gasteiger partial charge is 0.186 e. The van der Waals surface area contributed by atoms with Crippen molar-refractivity contribution in [3.05, 3.63) is 166 Å². The zero-order valence-corrected chi connectivity index (χ0v) is 24.2. The molecule has 8 rings (SSSR count). The van der Waals surface area contributed by atoms with Crippen molar-refractivity contribution in [2.75, 3.05) is 0 Å².